The smallest absolute Gasteiger partial charge is 0.276 e. The summed E-state index contributed by atoms with van der Waals surface area (Å²) in [5, 5.41) is 9.87. The normalized spacial score (nSPS) is 10.9. The molecule has 0 fully saturated rings. The predicted octanol–water partition coefficient (Wildman–Crippen LogP) is 4.27. The monoisotopic (exact) mass is 404 g/mol. The summed E-state index contributed by atoms with van der Waals surface area (Å²) in [5.74, 6) is 0.622. The Bertz CT molecular complexity index is 1170. The lowest BCUT2D eigenvalue weighted by molar-refractivity contribution is 0.102. The molecule has 0 aliphatic heterocycles. The number of carbonyl (C=O) groups is 1. The van der Waals surface area contributed by atoms with Crippen molar-refractivity contribution in [1.29, 1.82) is 0 Å². The van der Waals surface area contributed by atoms with E-state index in [1.807, 2.05) is 58.0 Å². The lowest BCUT2D eigenvalue weighted by Crippen LogP contribution is -2.17. The number of amides is 1. The minimum atomic E-state index is -0.301. The first-order valence-electron chi connectivity index (χ1n) is 9.12. The zero-order chi connectivity index (χ0) is 20.5. The number of aromatic nitrogens is 5. The van der Waals surface area contributed by atoms with Gasteiger partial charge >= 0.3 is 0 Å². The van der Waals surface area contributed by atoms with Crippen LogP contribution in [0.15, 0.2) is 41.8 Å². The molecule has 4 aromatic rings. The van der Waals surface area contributed by atoms with Gasteiger partial charge in [0.05, 0.1) is 5.69 Å². The summed E-state index contributed by atoms with van der Waals surface area (Å²) in [4.78, 5) is 26.1. The van der Waals surface area contributed by atoms with E-state index in [9.17, 15) is 4.79 Å². The van der Waals surface area contributed by atoms with E-state index in [-0.39, 0.29) is 5.91 Å². The van der Waals surface area contributed by atoms with Gasteiger partial charge in [0.25, 0.3) is 11.9 Å². The first-order chi connectivity index (χ1) is 13.9. The largest absolute Gasteiger partial charge is 0.305 e. The van der Waals surface area contributed by atoms with Gasteiger partial charge in [-0.2, -0.15) is 9.78 Å². The minimum absolute atomic E-state index is 0.301. The molecule has 4 rings (SSSR count). The molecule has 0 radical (unpaired) electrons. The molecule has 0 unspecified atom stereocenters. The van der Waals surface area contributed by atoms with Gasteiger partial charge in [-0.15, -0.1) is 11.3 Å². The second kappa shape index (κ2) is 7.56. The van der Waals surface area contributed by atoms with Crippen LogP contribution in [0, 0.1) is 27.7 Å². The number of nitrogens with one attached hydrogen (secondary N) is 1. The van der Waals surface area contributed by atoms with Gasteiger partial charge in [-0.1, -0.05) is 29.8 Å². The molecule has 0 bridgehead atoms. The Balaban J connectivity index is 1.60. The molecule has 3 heterocycles. The number of rotatable bonds is 4. The maximum absolute atomic E-state index is 12.8. The Kier molecular flexibility index (Phi) is 4.94. The minimum Gasteiger partial charge on any atom is -0.305 e. The number of nitrogens with zero attached hydrogens (tertiary/aromatic N) is 5. The van der Waals surface area contributed by atoms with Crippen molar-refractivity contribution in [3.8, 4) is 16.5 Å². The van der Waals surface area contributed by atoms with Crippen LogP contribution >= 0.6 is 11.3 Å². The van der Waals surface area contributed by atoms with Gasteiger partial charge in [0, 0.05) is 28.4 Å². The van der Waals surface area contributed by atoms with Crippen LogP contribution in [0.5, 0.6) is 0 Å². The molecule has 1 amide bonds. The summed E-state index contributed by atoms with van der Waals surface area (Å²) in [5.41, 5.74) is 4.95. The molecule has 1 aromatic carbocycles. The van der Waals surface area contributed by atoms with Crippen LogP contribution in [0.2, 0.25) is 0 Å². The van der Waals surface area contributed by atoms with Gasteiger partial charge in [0.2, 0.25) is 0 Å². The van der Waals surface area contributed by atoms with Gasteiger partial charge in [0.15, 0.2) is 0 Å². The van der Waals surface area contributed by atoms with Crippen molar-refractivity contribution in [2.75, 3.05) is 5.32 Å². The number of thiazole rings is 1. The number of carbonyl (C=O) groups excluding carboxylic acids is 1. The molecule has 0 aliphatic rings. The van der Waals surface area contributed by atoms with Crippen LogP contribution in [0.25, 0.3) is 16.5 Å². The summed E-state index contributed by atoms with van der Waals surface area (Å²) in [6.45, 7) is 7.69. The van der Waals surface area contributed by atoms with E-state index in [2.05, 4.69) is 25.4 Å². The van der Waals surface area contributed by atoms with E-state index >= 15 is 0 Å². The fraction of sp³-hybridized carbons (Fsp3) is 0.190. The fourth-order valence-electron chi connectivity index (χ4n) is 2.93. The Morgan fingerprint density at radius 3 is 2.31 bits per heavy atom. The third-order valence-corrected chi connectivity index (χ3v) is 5.16. The molecule has 0 saturated heterocycles. The number of hydrogen-bond donors (Lipinski definition) is 1. The molecule has 0 saturated carbocycles. The molecule has 0 atom stereocenters. The van der Waals surface area contributed by atoms with Gasteiger partial charge in [-0.3, -0.25) is 4.79 Å². The highest BCUT2D eigenvalue weighted by Gasteiger charge is 2.17. The van der Waals surface area contributed by atoms with Crippen molar-refractivity contribution < 1.29 is 4.79 Å². The summed E-state index contributed by atoms with van der Waals surface area (Å²) in [6.07, 6.45) is 0. The van der Waals surface area contributed by atoms with Crippen molar-refractivity contribution in [2.45, 2.75) is 27.7 Å². The first kappa shape index (κ1) is 18.9. The zero-order valence-electron chi connectivity index (χ0n) is 16.6. The van der Waals surface area contributed by atoms with Crippen molar-refractivity contribution in [2.24, 2.45) is 0 Å². The van der Waals surface area contributed by atoms with E-state index in [0.717, 1.165) is 27.7 Å². The standard InChI is InChI=1S/C21H20N6OS/c1-12-5-7-16(8-6-12)20-24-17(11-29-20)19(28)25-18-10-15(4)26-27(18)21-22-13(2)9-14(3)23-21/h5-11H,1-4H3,(H,25,28). The SMILES string of the molecule is Cc1ccc(-c2nc(C(=O)Nc3cc(C)nn3-c3nc(C)cc(C)n3)cs2)cc1. The lowest BCUT2D eigenvalue weighted by atomic mass is 10.2. The highest BCUT2D eigenvalue weighted by atomic mass is 32.1. The Labute approximate surface area is 172 Å². The van der Waals surface area contributed by atoms with Crippen molar-refractivity contribution in [3.05, 3.63) is 70.1 Å². The van der Waals surface area contributed by atoms with Crippen molar-refractivity contribution >= 4 is 23.1 Å². The average molecular weight is 404 g/mol. The highest BCUT2D eigenvalue weighted by molar-refractivity contribution is 7.13. The molecule has 3 aromatic heterocycles. The quantitative estimate of drug-likeness (QED) is 0.549. The summed E-state index contributed by atoms with van der Waals surface area (Å²) >= 11 is 1.44. The third kappa shape index (κ3) is 4.07. The summed E-state index contributed by atoms with van der Waals surface area (Å²) < 4.78 is 1.54. The first-order valence-corrected chi connectivity index (χ1v) is 10.0. The summed E-state index contributed by atoms with van der Waals surface area (Å²) in [6, 6.07) is 11.7. The highest BCUT2D eigenvalue weighted by Crippen LogP contribution is 2.25. The van der Waals surface area contributed by atoms with Crippen LogP contribution < -0.4 is 5.32 Å². The maximum atomic E-state index is 12.8. The van der Waals surface area contributed by atoms with Crippen LogP contribution in [0.4, 0.5) is 5.82 Å². The Morgan fingerprint density at radius 1 is 0.931 bits per heavy atom. The molecule has 0 spiro atoms. The summed E-state index contributed by atoms with van der Waals surface area (Å²) in [7, 11) is 0. The second-order valence-electron chi connectivity index (χ2n) is 6.89. The maximum Gasteiger partial charge on any atom is 0.276 e. The van der Waals surface area contributed by atoms with Gasteiger partial charge in [0.1, 0.15) is 16.5 Å². The van der Waals surface area contributed by atoms with E-state index in [1.165, 1.54) is 16.9 Å². The van der Waals surface area contributed by atoms with E-state index in [0.29, 0.717) is 17.5 Å². The van der Waals surface area contributed by atoms with Gasteiger partial charge < -0.3 is 5.32 Å². The predicted molar refractivity (Wildman–Crippen MR) is 114 cm³/mol. The number of benzene rings is 1. The number of hydrogen-bond acceptors (Lipinski definition) is 6. The second-order valence-corrected chi connectivity index (χ2v) is 7.75. The molecular formula is C21H20N6OS. The van der Waals surface area contributed by atoms with Gasteiger partial charge in [-0.25, -0.2) is 15.0 Å². The number of aryl methyl sites for hydroxylation is 4. The Morgan fingerprint density at radius 2 is 1.62 bits per heavy atom. The third-order valence-electron chi connectivity index (χ3n) is 4.27. The van der Waals surface area contributed by atoms with Crippen molar-refractivity contribution in [3.63, 3.8) is 0 Å². The van der Waals surface area contributed by atoms with Crippen LogP contribution in [-0.2, 0) is 0 Å². The van der Waals surface area contributed by atoms with E-state index in [4.69, 9.17) is 0 Å². The molecule has 0 aliphatic carbocycles. The van der Waals surface area contributed by atoms with Crippen molar-refractivity contribution in [1.82, 2.24) is 24.7 Å². The topological polar surface area (TPSA) is 85.6 Å². The Hall–Kier alpha value is -3.39. The zero-order valence-corrected chi connectivity index (χ0v) is 17.4. The molecule has 146 valence electrons. The molecule has 1 N–H and O–H groups in total. The average Bonchev–Trinajstić information content (AvgIpc) is 3.28. The lowest BCUT2D eigenvalue weighted by Gasteiger charge is -2.08. The molecule has 8 heteroatoms. The van der Waals surface area contributed by atoms with E-state index in [1.54, 1.807) is 16.1 Å². The molecular weight excluding hydrogens is 384 g/mol. The molecule has 7 nitrogen and oxygen atoms in total. The van der Waals surface area contributed by atoms with Gasteiger partial charge in [-0.05, 0) is 33.8 Å². The number of anilines is 1. The van der Waals surface area contributed by atoms with E-state index < -0.39 is 0 Å². The van der Waals surface area contributed by atoms with Crippen LogP contribution in [0.3, 0.4) is 0 Å². The fourth-order valence-corrected chi connectivity index (χ4v) is 3.74. The van der Waals surface area contributed by atoms with Crippen LogP contribution in [-0.4, -0.2) is 30.6 Å². The van der Waals surface area contributed by atoms with Crippen LogP contribution in [0.1, 0.15) is 33.1 Å². The molecule has 29 heavy (non-hydrogen) atoms.